The Balaban J connectivity index is 1.35. The van der Waals surface area contributed by atoms with Gasteiger partial charge in [0.15, 0.2) is 5.76 Å². The van der Waals surface area contributed by atoms with E-state index in [0.29, 0.717) is 18.5 Å². The van der Waals surface area contributed by atoms with Crippen LogP contribution in [0.5, 0.6) is 23.2 Å². The Morgan fingerprint density at radius 1 is 1.06 bits per heavy atom. The number of amides is 2. The molecule has 0 aliphatic heterocycles. The van der Waals surface area contributed by atoms with E-state index in [1.165, 1.54) is 50.7 Å². The fraction of sp³-hybridized carbons (Fsp3) is 0.292. The Bertz CT molecular complexity index is 1250. The van der Waals surface area contributed by atoms with Crippen LogP contribution in [0.1, 0.15) is 34.7 Å². The van der Waals surface area contributed by atoms with Gasteiger partial charge in [-0.15, -0.1) is 0 Å². The van der Waals surface area contributed by atoms with Crippen molar-refractivity contribution in [2.75, 3.05) is 14.2 Å². The maximum Gasteiger partial charge on any atom is 0.420 e. The predicted octanol–water partition coefficient (Wildman–Crippen LogP) is 4.08. The molecule has 12 heteroatoms. The first kappa shape index (κ1) is 24.9. The summed E-state index contributed by atoms with van der Waals surface area (Å²) in [5, 5.41) is 5.39. The van der Waals surface area contributed by atoms with Crippen LogP contribution < -0.4 is 24.8 Å². The molecule has 1 fully saturated rings. The normalized spacial score (nSPS) is 14.0. The van der Waals surface area contributed by atoms with E-state index in [-0.39, 0.29) is 35.7 Å². The maximum atomic E-state index is 13.4. The number of ether oxygens (including phenoxy) is 3. The fourth-order valence-electron chi connectivity index (χ4n) is 3.35. The molecule has 0 spiro atoms. The molecular formula is C24H22F3N3O6. The van der Waals surface area contributed by atoms with Crippen LogP contribution in [0.25, 0.3) is 0 Å². The quantitative estimate of drug-likeness (QED) is 0.451. The van der Waals surface area contributed by atoms with Gasteiger partial charge in [-0.05, 0) is 49.2 Å². The molecule has 1 aromatic carbocycles. The third-order valence-electron chi connectivity index (χ3n) is 5.49. The minimum atomic E-state index is -4.64. The molecule has 190 valence electrons. The van der Waals surface area contributed by atoms with Crippen LogP contribution in [0.3, 0.4) is 0 Å². The van der Waals surface area contributed by atoms with E-state index in [2.05, 4.69) is 15.6 Å². The predicted molar refractivity (Wildman–Crippen MR) is 119 cm³/mol. The Morgan fingerprint density at radius 3 is 2.39 bits per heavy atom. The van der Waals surface area contributed by atoms with Gasteiger partial charge >= 0.3 is 6.18 Å². The zero-order valence-corrected chi connectivity index (χ0v) is 19.3. The molecule has 0 radical (unpaired) electrons. The summed E-state index contributed by atoms with van der Waals surface area (Å²) in [6, 6.07) is 9.26. The second-order valence-electron chi connectivity index (χ2n) is 7.99. The summed E-state index contributed by atoms with van der Waals surface area (Å²) < 4.78 is 60.5. The number of alkyl halides is 3. The van der Waals surface area contributed by atoms with Gasteiger partial charge in [0, 0.05) is 6.07 Å². The molecule has 2 heterocycles. The molecule has 2 N–H and O–H groups in total. The SMILES string of the molecule is COc1ccc(Oc2ccc(CNC(=O)C3(NC(=O)c4ccc(OC)o4)CC3)nc2)c(C(F)(F)F)c1. The summed E-state index contributed by atoms with van der Waals surface area (Å²) in [5.41, 5.74) is -1.58. The highest BCUT2D eigenvalue weighted by Crippen LogP contribution is 2.40. The molecule has 3 aromatic rings. The molecule has 4 rings (SSSR count). The number of aromatic nitrogens is 1. The number of rotatable bonds is 9. The van der Waals surface area contributed by atoms with Crippen molar-refractivity contribution in [2.45, 2.75) is 31.1 Å². The van der Waals surface area contributed by atoms with Gasteiger partial charge < -0.3 is 29.3 Å². The summed E-state index contributed by atoms with van der Waals surface area (Å²) in [5.74, 6) is -0.991. The number of carbonyl (C=O) groups is 2. The van der Waals surface area contributed by atoms with Crippen LogP contribution in [0.2, 0.25) is 0 Å². The number of nitrogens with one attached hydrogen (secondary N) is 2. The van der Waals surface area contributed by atoms with Gasteiger partial charge in [-0.25, -0.2) is 0 Å². The molecular weight excluding hydrogens is 483 g/mol. The van der Waals surface area contributed by atoms with Crippen molar-refractivity contribution in [3.63, 3.8) is 0 Å². The van der Waals surface area contributed by atoms with E-state index in [9.17, 15) is 22.8 Å². The average molecular weight is 505 g/mol. The number of pyridine rings is 1. The molecule has 0 unspecified atom stereocenters. The molecule has 1 aliphatic rings. The average Bonchev–Trinajstić information content (AvgIpc) is 3.47. The highest BCUT2D eigenvalue weighted by Gasteiger charge is 2.51. The summed E-state index contributed by atoms with van der Waals surface area (Å²) >= 11 is 0. The van der Waals surface area contributed by atoms with Crippen molar-refractivity contribution in [1.29, 1.82) is 0 Å². The Labute approximate surface area is 203 Å². The van der Waals surface area contributed by atoms with E-state index < -0.39 is 28.9 Å². The lowest BCUT2D eigenvalue weighted by Crippen LogP contribution is -2.48. The van der Waals surface area contributed by atoms with Crippen LogP contribution >= 0.6 is 0 Å². The van der Waals surface area contributed by atoms with Crippen molar-refractivity contribution < 1.29 is 41.4 Å². The number of carbonyl (C=O) groups excluding carboxylic acids is 2. The zero-order chi connectivity index (χ0) is 25.9. The zero-order valence-electron chi connectivity index (χ0n) is 19.3. The Kier molecular flexibility index (Phi) is 6.77. The molecule has 0 atom stereocenters. The van der Waals surface area contributed by atoms with Gasteiger partial charge in [0.25, 0.3) is 11.9 Å². The fourth-order valence-corrected chi connectivity index (χ4v) is 3.35. The second kappa shape index (κ2) is 9.80. The minimum absolute atomic E-state index is 0.0220. The monoisotopic (exact) mass is 505 g/mol. The topological polar surface area (TPSA) is 112 Å². The molecule has 0 saturated heterocycles. The van der Waals surface area contributed by atoms with Crippen LogP contribution in [-0.2, 0) is 17.5 Å². The van der Waals surface area contributed by atoms with Crippen molar-refractivity contribution in [3.05, 3.63) is 65.7 Å². The van der Waals surface area contributed by atoms with Gasteiger partial charge in [0.05, 0.1) is 32.7 Å². The van der Waals surface area contributed by atoms with E-state index >= 15 is 0 Å². The summed E-state index contributed by atoms with van der Waals surface area (Å²) in [6.07, 6.45) is -2.46. The van der Waals surface area contributed by atoms with Gasteiger partial charge in [-0.2, -0.15) is 13.2 Å². The lowest BCUT2D eigenvalue weighted by molar-refractivity contribution is -0.138. The first-order valence-electron chi connectivity index (χ1n) is 10.8. The van der Waals surface area contributed by atoms with E-state index in [0.717, 1.165) is 12.1 Å². The Hall–Kier alpha value is -4.22. The number of benzene rings is 1. The van der Waals surface area contributed by atoms with Crippen LogP contribution in [0.15, 0.2) is 53.1 Å². The largest absolute Gasteiger partial charge is 0.497 e. The van der Waals surface area contributed by atoms with Gasteiger partial charge in [-0.3, -0.25) is 14.6 Å². The number of hydrogen-bond donors (Lipinski definition) is 2. The van der Waals surface area contributed by atoms with E-state index in [1.807, 2.05) is 0 Å². The van der Waals surface area contributed by atoms with Crippen molar-refractivity contribution >= 4 is 11.8 Å². The van der Waals surface area contributed by atoms with Crippen molar-refractivity contribution in [3.8, 4) is 23.2 Å². The van der Waals surface area contributed by atoms with Gasteiger partial charge in [0.1, 0.15) is 28.4 Å². The minimum Gasteiger partial charge on any atom is -0.497 e. The summed E-state index contributed by atoms with van der Waals surface area (Å²) in [6.45, 7) is 0.0433. The Morgan fingerprint density at radius 2 is 1.81 bits per heavy atom. The molecule has 36 heavy (non-hydrogen) atoms. The number of halogens is 3. The molecule has 0 bridgehead atoms. The first-order chi connectivity index (χ1) is 17.1. The second-order valence-corrected chi connectivity index (χ2v) is 7.99. The number of furan rings is 1. The van der Waals surface area contributed by atoms with Crippen molar-refractivity contribution in [1.82, 2.24) is 15.6 Å². The molecule has 1 aliphatic carbocycles. The van der Waals surface area contributed by atoms with Crippen molar-refractivity contribution in [2.24, 2.45) is 0 Å². The number of nitrogens with zero attached hydrogens (tertiary/aromatic N) is 1. The third-order valence-corrected chi connectivity index (χ3v) is 5.49. The highest BCUT2D eigenvalue weighted by molar-refractivity contribution is 5.99. The molecule has 9 nitrogen and oxygen atoms in total. The van der Waals surface area contributed by atoms with Crippen LogP contribution in [0.4, 0.5) is 13.2 Å². The summed E-state index contributed by atoms with van der Waals surface area (Å²) in [7, 11) is 2.68. The number of hydrogen-bond acceptors (Lipinski definition) is 7. The van der Waals surface area contributed by atoms with E-state index in [4.69, 9.17) is 18.6 Å². The number of methoxy groups -OCH3 is 2. The third kappa shape index (κ3) is 5.53. The standard InChI is InChI=1S/C24H22F3N3O6/c1-33-15-5-6-18(17(11-15)24(25,26)27)35-16-4-3-14(28-13-16)12-29-22(32)23(9-10-23)30-21(31)19-7-8-20(34-2)36-19/h3-8,11,13H,9-10,12H2,1-2H3,(H,29,32)(H,30,31). The lowest BCUT2D eigenvalue weighted by Gasteiger charge is -2.17. The molecule has 2 amide bonds. The van der Waals surface area contributed by atoms with Crippen LogP contribution in [0, 0.1) is 0 Å². The molecule has 2 aromatic heterocycles. The molecule has 1 saturated carbocycles. The lowest BCUT2D eigenvalue weighted by atomic mass is 10.2. The van der Waals surface area contributed by atoms with Gasteiger partial charge in [0.2, 0.25) is 5.91 Å². The maximum absolute atomic E-state index is 13.4. The van der Waals surface area contributed by atoms with E-state index in [1.54, 1.807) is 0 Å². The highest BCUT2D eigenvalue weighted by atomic mass is 19.4. The first-order valence-corrected chi connectivity index (χ1v) is 10.8. The smallest absolute Gasteiger partial charge is 0.420 e. The van der Waals surface area contributed by atoms with Gasteiger partial charge in [-0.1, -0.05) is 0 Å². The van der Waals surface area contributed by atoms with Crippen LogP contribution in [-0.4, -0.2) is 36.6 Å². The summed E-state index contributed by atoms with van der Waals surface area (Å²) in [4.78, 5) is 29.2.